The molecule has 0 aliphatic heterocycles. The first-order valence-electron chi connectivity index (χ1n) is 7.50. The molecule has 1 amide bonds. The number of carbonyl (C=O) groups excluding carboxylic acids is 1. The van der Waals surface area contributed by atoms with E-state index in [9.17, 15) is 4.79 Å². The van der Waals surface area contributed by atoms with Gasteiger partial charge in [-0.1, -0.05) is 30.3 Å². The lowest BCUT2D eigenvalue weighted by atomic mass is 9.99. The van der Waals surface area contributed by atoms with Gasteiger partial charge in [-0.3, -0.25) is 14.5 Å². The molecule has 0 radical (unpaired) electrons. The van der Waals surface area contributed by atoms with Crippen LogP contribution in [0.1, 0.15) is 30.1 Å². The van der Waals surface area contributed by atoms with Crippen molar-refractivity contribution in [1.82, 2.24) is 20.1 Å². The van der Waals surface area contributed by atoms with Crippen LogP contribution in [-0.4, -0.2) is 20.7 Å². The molecule has 0 aliphatic rings. The summed E-state index contributed by atoms with van der Waals surface area (Å²) in [6.07, 6.45) is 6.91. The van der Waals surface area contributed by atoms with Gasteiger partial charge in [0.25, 0.3) is 0 Å². The fourth-order valence-electron chi connectivity index (χ4n) is 2.45. The molecule has 2 heterocycles. The molecule has 2 atom stereocenters. The van der Waals surface area contributed by atoms with E-state index in [0.29, 0.717) is 0 Å². The van der Waals surface area contributed by atoms with Gasteiger partial charge in [0.05, 0.1) is 6.04 Å². The number of benzene rings is 1. The molecule has 0 bridgehead atoms. The van der Waals surface area contributed by atoms with Crippen LogP contribution < -0.4 is 5.32 Å². The Morgan fingerprint density at radius 2 is 1.70 bits per heavy atom. The molecule has 1 aromatic carbocycles. The van der Waals surface area contributed by atoms with Crippen molar-refractivity contribution in [3.63, 3.8) is 0 Å². The Balaban J connectivity index is 1.86. The molecular weight excluding hydrogens is 288 g/mol. The molecule has 0 spiro atoms. The van der Waals surface area contributed by atoms with Crippen LogP contribution in [0.5, 0.6) is 0 Å². The SMILES string of the molecule is C[C@H](C(=O)N[C@H](c1ccccc1)c1ccncc1)n1cccn1. The first kappa shape index (κ1) is 15.0. The van der Waals surface area contributed by atoms with Crippen LogP contribution in [0.3, 0.4) is 0 Å². The van der Waals surface area contributed by atoms with Crippen molar-refractivity contribution in [1.29, 1.82) is 0 Å². The maximum absolute atomic E-state index is 12.6. The van der Waals surface area contributed by atoms with Crippen molar-refractivity contribution < 1.29 is 4.79 Å². The van der Waals surface area contributed by atoms with Crippen molar-refractivity contribution in [2.24, 2.45) is 0 Å². The van der Waals surface area contributed by atoms with E-state index in [0.717, 1.165) is 11.1 Å². The lowest BCUT2D eigenvalue weighted by Gasteiger charge is -2.22. The van der Waals surface area contributed by atoms with Crippen molar-refractivity contribution in [3.05, 3.63) is 84.4 Å². The highest BCUT2D eigenvalue weighted by Crippen LogP contribution is 2.22. The quantitative estimate of drug-likeness (QED) is 0.788. The van der Waals surface area contributed by atoms with E-state index in [1.807, 2.05) is 49.4 Å². The second-order valence-corrected chi connectivity index (χ2v) is 5.29. The molecule has 0 aliphatic carbocycles. The van der Waals surface area contributed by atoms with Gasteiger partial charge in [0, 0.05) is 24.8 Å². The van der Waals surface area contributed by atoms with Gasteiger partial charge >= 0.3 is 0 Å². The van der Waals surface area contributed by atoms with E-state index in [1.54, 1.807) is 35.5 Å². The van der Waals surface area contributed by atoms with Crippen LogP contribution in [0.15, 0.2) is 73.3 Å². The third kappa shape index (κ3) is 3.45. The summed E-state index contributed by atoms with van der Waals surface area (Å²) in [6, 6.07) is 14.9. The first-order chi connectivity index (χ1) is 11.3. The summed E-state index contributed by atoms with van der Waals surface area (Å²) < 4.78 is 1.64. The number of nitrogens with zero attached hydrogens (tertiary/aromatic N) is 3. The Labute approximate surface area is 135 Å². The highest BCUT2D eigenvalue weighted by molar-refractivity contribution is 5.80. The van der Waals surface area contributed by atoms with E-state index in [2.05, 4.69) is 15.4 Å². The number of nitrogens with one attached hydrogen (secondary N) is 1. The topological polar surface area (TPSA) is 59.8 Å². The molecule has 0 unspecified atom stereocenters. The van der Waals surface area contributed by atoms with Crippen LogP contribution in [-0.2, 0) is 4.79 Å². The Morgan fingerprint density at radius 1 is 1.00 bits per heavy atom. The molecular formula is C18H18N4O. The predicted molar refractivity (Wildman–Crippen MR) is 87.6 cm³/mol. The molecule has 23 heavy (non-hydrogen) atoms. The highest BCUT2D eigenvalue weighted by atomic mass is 16.2. The molecule has 3 rings (SSSR count). The smallest absolute Gasteiger partial charge is 0.245 e. The van der Waals surface area contributed by atoms with Gasteiger partial charge in [-0.15, -0.1) is 0 Å². The minimum Gasteiger partial charge on any atom is -0.343 e. The Bertz CT molecular complexity index is 702. The third-order valence-electron chi connectivity index (χ3n) is 3.76. The average Bonchev–Trinajstić information content (AvgIpc) is 3.15. The van der Waals surface area contributed by atoms with Crippen molar-refractivity contribution in [2.45, 2.75) is 19.0 Å². The number of hydrogen-bond acceptors (Lipinski definition) is 3. The zero-order chi connectivity index (χ0) is 16.1. The molecule has 2 aromatic heterocycles. The van der Waals surface area contributed by atoms with Gasteiger partial charge in [-0.25, -0.2) is 0 Å². The second kappa shape index (κ2) is 6.87. The van der Waals surface area contributed by atoms with Crippen molar-refractivity contribution in [3.8, 4) is 0 Å². The second-order valence-electron chi connectivity index (χ2n) is 5.29. The minimum atomic E-state index is -0.377. The van der Waals surface area contributed by atoms with Gasteiger partial charge in [0.2, 0.25) is 5.91 Å². The molecule has 0 fully saturated rings. The summed E-state index contributed by atoms with van der Waals surface area (Å²) in [5, 5.41) is 7.25. The number of rotatable bonds is 5. The standard InChI is InChI=1S/C18H18N4O/c1-14(22-13-5-10-20-22)18(23)21-17(15-6-3-2-4-7-15)16-8-11-19-12-9-16/h2-14,17H,1H3,(H,21,23)/t14-,17-/m1/s1. The average molecular weight is 306 g/mol. The van der Waals surface area contributed by atoms with E-state index in [4.69, 9.17) is 0 Å². The number of amides is 1. The molecule has 0 saturated heterocycles. The predicted octanol–water partition coefficient (Wildman–Crippen LogP) is 2.74. The summed E-state index contributed by atoms with van der Waals surface area (Å²) >= 11 is 0. The zero-order valence-electron chi connectivity index (χ0n) is 12.8. The monoisotopic (exact) mass is 306 g/mol. The molecule has 0 saturated carbocycles. The Hall–Kier alpha value is -2.95. The van der Waals surface area contributed by atoms with Gasteiger partial charge in [-0.05, 0) is 36.2 Å². The summed E-state index contributed by atoms with van der Waals surface area (Å²) in [4.78, 5) is 16.7. The van der Waals surface area contributed by atoms with Gasteiger partial charge in [0.1, 0.15) is 6.04 Å². The van der Waals surface area contributed by atoms with E-state index < -0.39 is 0 Å². The summed E-state index contributed by atoms with van der Waals surface area (Å²) in [7, 11) is 0. The van der Waals surface area contributed by atoms with Crippen LogP contribution in [0.4, 0.5) is 0 Å². The maximum Gasteiger partial charge on any atom is 0.245 e. The third-order valence-corrected chi connectivity index (χ3v) is 3.76. The number of hydrogen-bond donors (Lipinski definition) is 1. The van der Waals surface area contributed by atoms with Crippen LogP contribution in [0, 0.1) is 0 Å². The van der Waals surface area contributed by atoms with E-state index >= 15 is 0 Å². The number of carbonyl (C=O) groups is 1. The van der Waals surface area contributed by atoms with Crippen molar-refractivity contribution in [2.75, 3.05) is 0 Å². The fraction of sp³-hybridized carbons (Fsp3) is 0.167. The molecule has 116 valence electrons. The lowest BCUT2D eigenvalue weighted by Crippen LogP contribution is -2.34. The summed E-state index contributed by atoms with van der Waals surface area (Å²) in [5.74, 6) is -0.0839. The van der Waals surface area contributed by atoms with Gasteiger partial charge in [-0.2, -0.15) is 5.10 Å². The minimum absolute atomic E-state index is 0.0839. The van der Waals surface area contributed by atoms with Crippen LogP contribution in [0.25, 0.3) is 0 Å². The Kier molecular flexibility index (Phi) is 4.47. The summed E-state index contributed by atoms with van der Waals surface area (Å²) in [6.45, 7) is 1.83. The number of aromatic nitrogens is 3. The highest BCUT2D eigenvalue weighted by Gasteiger charge is 2.21. The maximum atomic E-state index is 12.6. The normalized spacial score (nSPS) is 13.3. The van der Waals surface area contributed by atoms with Gasteiger partial charge in [0.15, 0.2) is 0 Å². The van der Waals surface area contributed by atoms with Crippen LogP contribution >= 0.6 is 0 Å². The van der Waals surface area contributed by atoms with Gasteiger partial charge < -0.3 is 5.32 Å². The molecule has 3 aromatic rings. The Morgan fingerprint density at radius 3 is 2.35 bits per heavy atom. The first-order valence-corrected chi connectivity index (χ1v) is 7.50. The number of pyridine rings is 1. The zero-order valence-corrected chi connectivity index (χ0v) is 12.8. The largest absolute Gasteiger partial charge is 0.343 e. The van der Waals surface area contributed by atoms with Crippen LogP contribution in [0.2, 0.25) is 0 Å². The molecule has 5 nitrogen and oxygen atoms in total. The summed E-state index contributed by atoms with van der Waals surface area (Å²) in [5.41, 5.74) is 2.02. The fourth-order valence-corrected chi connectivity index (χ4v) is 2.45. The van der Waals surface area contributed by atoms with Crippen molar-refractivity contribution >= 4 is 5.91 Å². The van der Waals surface area contributed by atoms with E-state index in [1.165, 1.54) is 0 Å². The lowest BCUT2D eigenvalue weighted by molar-refractivity contribution is -0.124. The molecule has 1 N–H and O–H groups in total. The molecule has 5 heteroatoms. The van der Waals surface area contributed by atoms with E-state index in [-0.39, 0.29) is 18.0 Å².